The van der Waals surface area contributed by atoms with Crippen molar-refractivity contribution in [3.8, 4) is 0 Å². The third kappa shape index (κ3) is 2.96. The van der Waals surface area contributed by atoms with Gasteiger partial charge in [-0.2, -0.15) is 0 Å². The minimum Gasteiger partial charge on any atom is -0.327 e. The molecule has 2 atom stereocenters. The van der Waals surface area contributed by atoms with E-state index in [1.807, 2.05) is 0 Å². The highest BCUT2D eigenvalue weighted by Gasteiger charge is 2.28. The maximum Gasteiger partial charge on any atom is 0.00739 e. The highest BCUT2D eigenvalue weighted by molar-refractivity contribution is 4.84. The van der Waals surface area contributed by atoms with Crippen molar-refractivity contribution >= 4 is 0 Å². The summed E-state index contributed by atoms with van der Waals surface area (Å²) in [5.74, 6) is 0. The molecule has 2 nitrogen and oxygen atoms in total. The van der Waals surface area contributed by atoms with E-state index in [2.05, 4.69) is 32.6 Å². The maximum absolute atomic E-state index is 6.01. The fourth-order valence-electron chi connectivity index (χ4n) is 2.06. The molecule has 0 aromatic carbocycles. The van der Waals surface area contributed by atoms with Crippen LogP contribution in [0.4, 0.5) is 0 Å². The molecule has 0 aliphatic carbocycles. The Labute approximate surface area is 88.8 Å². The summed E-state index contributed by atoms with van der Waals surface area (Å²) in [5.41, 5.74) is 6.25. The Morgan fingerprint density at radius 3 is 2.57 bits per heavy atom. The molecule has 0 spiro atoms. The van der Waals surface area contributed by atoms with Crippen molar-refractivity contribution in [2.45, 2.75) is 59.0 Å². The van der Waals surface area contributed by atoms with Crippen molar-refractivity contribution in [3.63, 3.8) is 0 Å². The van der Waals surface area contributed by atoms with Crippen molar-refractivity contribution in [3.05, 3.63) is 0 Å². The smallest absolute Gasteiger partial charge is 0.00739 e. The lowest BCUT2D eigenvalue weighted by atomic mass is 9.84. The third-order valence-corrected chi connectivity index (χ3v) is 3.78. The number of nitrogens with two attached hydrogens (primary N) is 1. The van der Waals surface area contributed by atoms with Crippen molar-refractivity contribution in [1.29, 1.82) is 0 Å². The molecule has 0 aromatic rings. The Bertz CT molecular complexity index is 175. The van der Waals surface area contributed by atoms with Gasteiger partial charge in [0.05, 0.1) is 0 Å². The van der Waals surface area contributed by atoms with E-state index in [4.69, 9.17) is 5.73 Å². The van der Waals surface area contributed by atoms with E-state index in [1.54, 1.807) is 0 Å². The Morgan fingerprint density at radius 1 is 1.43 bits per heavy atom. The van der Waals surface area contributed by atoms with E-state index in [9.17, 15) is 0 Å². The van der Waals surface area contributed by atoms with Crippen LogP contribution >= 0.6 is 0 Å². The third-order valence-electron chi connectivity index (χ3n) is 3.78. The van der Waals surface area contributed by atoms with Crippen LogP contribution in [0.2, 0.25) is 0 Å². The lowest BCUT2D eigenvalue weighted by Crippen LogP contribution is -2.48. The zero-order valence-corrected chi connectivity index (χ0v) is 10.2. The highest BCUT2D eigenvalue weighted by Crippen LogP contribution is 2.25. The molecule has 1 aliphatic rings. The molecule has 0 saturated carbocycles. The van der Waals surface area contributed by atoms with Crippen LogP contribution in [0.3, 0.4) is 0 Å². The predicted molar refractivity (Wildman–Crippen MR) is 62.3 cm³/mol. The number of piperidine rings is 1. The summed E-state index contributed by atoms with van der Waals surface area (Å²) >= 11 is 0. The molecule has 1 fully saturated rings. The van der Waals surface area contributed by atoms with Gasteiger partial charge in [0.1, 0.15) is 0 Å². The Hall–Kier alpha value is -0.0800. The first-order valence-electron chi connectivity index (χ1n) is 5.93. The highest BCUT2D eigenvalue weighted by atomic mass is 15.2. The van der Waals surface area contributed by atoms with Crippen LogP contribution in [-0.4, -0.2) is 30.1 Å². The molecule has 1 rings (SSSR count). The fraction of sp³-hybridized carbons (Fsp3) is 1.00. The second-order valence-electron chi connectivity index (χ2n) is 5.59. The van der Waals surface area contributed by atoms with E-state index in [0.717, 1.165) is 12.6 Å². The van der Waals surface area contributed by atoms with Crippen LogP contribution in [-0.2, 0) is 0 Å². The van der Waals surface area contributed by atoms with E-state index in [-0.39, 0.29) is 11.5 Å². The summed E-state index contributed by atoms with van der Waals surface area (Å²) in [7, 11) is 0. The molecule has 84 valence electrons. The first-order chi connectivity index (χ1) is 6.43. The molecule has 0 bridgehead atoms. The molecule has 0 radical (unpaired) electrons. The van der Waals surface area contributed by atoms with Crippen molar-refractivity contribution in [2.75, 3.05) is 13.1 Å². The van der Waals surface area contributed by atoms with Gasteiger partial charge in [0.15, 0.2) is 0 Å². The summed E-state index contributed by atoms with van der Waals surface area (Å²) in [6.07, 6.45) is 4.12. The largest absolute Gasteiger partial charge is 0.327 e. The van der Waals surface area contributed by atoms with Gasteiger partial charge in [-0.25, -0.2) is 0 Å². The van der Waals surface area contributed by atoms with Crippen LogP contribution in [0.25, 0.3) is 0 Å². The molecule has 0 aromatic heterocycles. The average Bonchev–Trinajstić information content (AvgIpc) is 2.08. The van der Waals surface area contributed by atoms with Crippen LogP contribution in [0.15, 0.2) is 0 Å². The van der Waals surface area contributed by atoms with Gasteiger partial charge in [-0.05, 0) is 38.6 Å². The van der Waals surface area contributed by atoms with Crippen molar-refractivity contribution < 1.29 is 0 Å². The summed E-state index contributed by atoms with van der Waals surface area (Å²) < 4.78 is 0. The SMILES string of the molecule is CC1CCCCN1CC(C)(C)C(C)N. The van der Waals surface area contributed by atoms with Crippen molar-refractivity contribution in [2.24, 2.45) is 11.1 Å². The van der Waals surface area contributed by atoms with Crippen LogP contribution in [0.5, 0.6) is 0 Å². The van der Waals surface area contributed by atoms with E-state index in [1.165, 1.54) is 25.8 Å². The Morgan fingerprint density at radius 2 is 2.07 bits per heavy atom. The number of hydrogen-bond donors (Lipinski definition) is 1. The van der Waals surface area contributed by atoms with Gasteiger partial charge < -0.3 is 10.6 Å². The second kappa shape index (κ2) is 4.63. The predicted octanol–water partition coefficient (Wildman–Crippen LogP) is 2.23. The second-order valence-corrected chi connectivity index (χ2v) is 5.59. The van der Waals surface area contributed by atoms with Crippen LogP contribution in [0.1, 0.15) is 47.0 Å². The number of likely N-dealkylation sites (tertiary alicyclic amines) is 1. The summed E-state index contributed by atoms with van der Waals surface area (Å²) in [6, 6.07) is 1.03. The fourth-order valence-corrected chi connectivity index (χ4v) is 2.06. The Balaban J connectivity index is 2.49. The van der Waals surface area contributed by atoms with E-state index >= 15 is 0 Å². The molecular weight excluding hydrogens is 172 g/mol. The summed E-state index contributed by atoms with van der Waals surface area (Å²) in [4.78, 5) is 2.60. The quantitative estimate of drug-likeness (QED) is 0.753. The van der Waals surface area contributed by atoms with Gasteiger partial charge in [-0.15, -0.1) is 0 Å². The zero-order valence-electron chi connectivity index (χ0n) is 10.2. The van der Waals surface area contributed by atoms with Gasteiger partial charge in [-0.3, -0.25) is 0 Å². The number of rotatable bonds is 3. The molecule has 2 N–H and O–H groups in total. The van der Waals surface area contributed by atoms with Gasteiger partial charge in [0.25, 0.3) is 0 Å². The topological polar surface area (TPSA) is 29.3 Å². The van der Waals surface area contributed by atoms with Crippen LogP contribution < -0.4 is 5.73 Å². The molecular formula is C12H26N2. The molecule has 0 amide bonds. The lowest BCUT2D eigenvalue weighted by Gasteiger charge is -2.40. The van der Waals surface area contributed by atoms with Gasteiger partial charge in [0, 0.05) is 18.6 Å². The number of nitrogens with zero attached hydrogens (tertiary/aromatic N) is 1. The molecule has 14 heavy (non-hydrogen) atoms. The first-order valence-corrected chi connectivity index (χ1v) is 5.93. The molecule has 1 heterocycles. The Kier molecular flexibility index (Phi) is 3.96. The minimum atomic E-state index is 0.242. The molecule has 1 aliphatic heterocycles. The standard InChI is InChI=1S/C12H26N2/c1-10-7-5-6-8-14(10)9-12(3,4)11(2)13/h10-11H,5-9,13H2,1-4H3. The normalized spacial score (nSPS) is 27.6. The van der Waals surface area contributed by atoms with Gasteiger partial charge in [0.2, 0.25) is 0 Å². The van der Waals surface area contributed by atoms with Gasteiger partial charge in [-0.1, -0.05) is 20.3 Å². The maximum atomic E-state index is 6.01. The summed E-state index contributed by atoms with van der Waals surface area (Å²) in [5, 5.41) is 0. The molecule has 2 heteroatoms. The average molecular weight is 198 g/mol. The van der Waals surface area contributed by atoms with E-state index < -0.39 is 0 Å². The van der Waals surface area contributed by atoms with E-state index in [0.29, 0.717) is 0 Å². The minimum absolute atomic E-state index is 0.242. The lowest BCUT2D eigenvalue weighted by molar-refractivity contribution is 0.0944. The van der Waals surface area contributed by atoms with Crippen LogP contribution in [0, 0.1) is 5.41 Å². The zero-order chi connectivity index (χ0) is 10.8. The first kappa shape index (κ1) is 12.0. The molecule has 1 saturated heterocycles. The number of hydrogen-bond acceptors (Lipinski definition) is 2. The summed E-state index contributed by atoms with van der Waals surface area (Å²) in [6.45, 7) is 11.4. The monoisotopic (exact) mass is 198 g/mol. The van der Waals surface area contributed by atoms with Crippen molar-refractivity contribution in [1.82, 2.24) is 4.90 Å². The van der Waals surface area contributed by atoms with Gasteiger partial charge >= 0.3 is 0 Å². The molecule has 2 unspecified atom stereocenters.